The first-order valence-corrected chi connectivity index (χ1v) is 6.41. The Morgan fingerprint density at radius 3 is 2.50 bits per heavy atom. The van der Waals surface area contributed by atoms with Crippen molar-refractivity contribution in [2.45, 2.75) is 45.0 Å². The third kappa shape index (κ3) is 4.09. The standard InChI is InChI=1S/C15H24O3/c1-5-7-12-8-6-9-13(10-12)15(2,16)11-14(17-3)18-4/h6,8-10,14,16H,5,7,11H2,1-4H3. The van der Waals surface area contributed by atoms with Gasteiger partial charge in [-0.1, -0.05) is 37.6 Å². The second-order valence-electron chi connectivity index (χ2n) is 4.83. The Morgan fingerprint density at radius 2 is 1.94 bits per heavy atom. The zero-order valence-electron chi connectivity index (χ0n) is 11.8. The van der Waals surface area contributed by atoms with Gasteiger partial charge in [-0.05, 0) is 24.5 Å². The molecule has 18 heavy (non-hydrogen) atoms. The van der Waals surface area contributed by atoms with Gasteiger partial charge < -0.3 is 14.6 Å². The van der Waals surface area contributed by atoms with Crippen molar-refractivity contribution in [3.05, 3.63) is 35.4 Å². The van der Waals surface area contributed by atoms with Crippen LogP contribution in [0.1, 0.15) is 37.8 Å². The van der Waals surface area contributed by atoms with E-state index in [1.165, 1.54) is 5.56 Å². The lowest BCUT2D eigenvalue weighted by molar-refractivity contribution is -0.142. The highest BCUT2D eigenvalue weighted by Crippen LogP contribution is 2.27. The van der Waals surface area contributed by atoms with Crippen LogP contribution in [0.3, 0.4) is 0 Å². The number of methoxy groups -OCH3 is 2. The SMILES string of the molecule is CCCc1cccc(C(C)(O)CC(OC)OC)c1. The molecule has 102 valence electrons. The Labute approximate surface area is 110 Å². The van der Waals surface area contributed by atoms with Gasteiger partial charge in [0.25, 0.3) is 0 Å². The van der Waals surface area contributed by atoms with Crippen molar-refractivity contribution in [1.29, 1.82) is 0 Å². The number of benzene rings is 1. The first-order chi connectivity index (χ1) is 8.53. The van der Waals surface area contributed by atoms with E-state index in [2.05, 4.69) is 19.1 Å². The van der Waals surface area contributed by atoms with E-state index in [9.17, 15) is 5.11 Å². The van der Waals surface area contributed by atoms with Gasteiger partial charge in [0.1, 0.15) is 0 Å². The van der Waals surface area contributed by atoms with Gasteiger partial charge in [0, 0.05) is 20.6 Å². The van der Waals surface area contributed by atoms with Crippen LogP contribution >= 0.6 is 0 Å². The van der Waals surface area contributed by atoms with Crippen molar-refractivity contribution < 1.29 is 14.6 Å². The molecule has 1 N–H and O–H groups in total. The van der Waals surface area contributed by atoms with Gasteiger partial charge in [-0.3, -0.25) is 0 Å². The van der Waals surface area contributed by atoms with Crippen molar-refractivity contribution in [1.82, 2.24) is 0 Å². The van der Waals surface area contributed by atoms with Crippen LogP contribution < -0.4 is 0 Å². The van der Waals surface area contributed by atoms with Gasteiger partial charge >= 0.3 is 0 Å². The molecule has 3 nitrogen and oxygen atoms in total. The molecule has 1 aromatic rings. The summed E-state index contributed by atoms with van der Waals surface area (Å²) in [4.78, 5) is 0. The first-order valence-electron chi connectivity index (χ1n) is 6.41. The molecule has 0 fully saturated rings. The third-order valence-corrected chi connectivity index (χ3v) is 3.18. The fraction of sp³-hybridized carbons (Fsp3) is 0.600. The molecule has 0 aliphatic rings. The Balaban J connectivity index is 2.85. The smallest absolute Gasteiger partial charge is 0.159 e. The first kappa shape index (κ1) is 15.2. The summed E-state index contributed by atoms with van der Waals surface area (Å²) in [6, 6.07) is 8.09. The van der Waals surface area contributed by atoms with Gasteiger partial charge in [-0.2, -0.15) is 0 Å². The van der Waals surface area contributed by atoms with Crippen LogP contribution in [0.15, 0.2) is 24.3 Å². The molecule has 3 heteroatoms. The number of hydrogen-bond donors (Lipinski definition) is 1. The molecule has 1 rings (SSSR count). The van der Waals surface area contributed by atoms with Crippen LogP contribution in [-0.4, -0.2) is 25.6 Å². The highest BCUT2D eigenvalue weighted by Gasteiger charge is 2.27. The molecule has 0 amide bonds. The topological polar surface area (TPSA) is 38.7 Å². The second-order valence-corrected chi connectivity index (χ2v) is 4.83. The second kappa shape index (κ2) is 6.88. The van der Waals surface area contributed by atoms with Crippen LogP contribution in [0, 0.1) is 0 Å². The predicted octanol–water partition coefficient (Wildman–Crippen LogP) is 2.86. The summed E-state index contributed by atoms with van der Waals surface area (Å²) in [5.74, 6) is 0. The van der Waals surface area contributed by atoms with E-state index in [-0.39, 0.29) is 0 Å². The normalized spacial score (nSPS) is 14.8. The van der Waals surface area contributed by atoms with Gasteiger partial charge in [0.05, 0.1) is 5.60 Å². The summed E-state index contributed by atoms with van der Waals surface area (Å²) in [5, 5.41) is 10.6. The minimum absolute atomic E-state index is 0.394. The number of hydrogen-bond acceptors (Lipinski definition) is 3. The third-order valence-electron chi connectivity index (χ3n) is 3.18. The maximum absolute atomic E-state index is 10.6. The van der Waals surface area contributed by atoms with Gasteiger partial charge in [-0.25, -0.2) is 0 Å². The highest BCUT2D eigenvalue weighted by molar-refractivity contribution is 5.28. The molecular formula is C15H24O3. The van der Waals surface area contributed by atoms with E-state index in [0.29, 0.717) is 6.42 Å². The summed E-state index contributed by atoms with van der Waals surface area (Å²) >= 11 is 0. The van der Waals surface area contributed by atoms with Crippen molar-refractivity contribution in [2.75, 3.05) is 14.2 Å². The number of aliphatic hydroxyl groups is 1. The fourth-order valence-electron chi connectivity index (χ4n) is 2.06. The monoisotopic (exact) mass is 252 g/mol. The lowest BCUT2D eigenvalue weighted by Gasteiger charge is -2.28. The molecule has 0 saturated heterocycles. The number of rotatable bonds is 7. The largest absolute Gasteiger partial charge is 0.385 e. The number of aryl methyl sites for hydroxylation is 1. The molecule has 0 aromatic heterocycles. The molecule has 0 radical (unpaired) electrons. The zero-order valence-corrected chi connectivity index (χ0v) is 11.8. The van der Waals surface area contributed by atoms with Crippen molar-refractivity contribution in [2.24, 2.45) is 0 Å². The molecule has 1 unspecified atom stereocenters. The van der Waals surface area contributed by atoms with E-state index in [1.54, 1.807) is 21.1 Å². The molecule has 1 atom stereocenters. The predicted molar refractivity (Wildman–Crippen MR) is 72.4 cm³/mol. The quantitative estimate of drug-likeness (QED) is 0.758. The summed E-state index contributed by atoms with van der Waals surface area (Å²) < 4.78 is 10.3. The van der Waals surface area contributed by atoms with Gasteiger partial charge in [0.15, 0.2) is 6.29 Å². The molecule has 0 aliphatic heterocycles. The molecule has 0 bridgehead atoms. The summed E-state index contributed by atoms with van der Waals surface area (Å²) in [6.07, 6.45) is 2.15. The summed E-state index contributed by atoms with van der Waals surface area (Å²) in [6.45, 7) is 3.94. The van der Waals surface area contributed by atoms with E-state index < -0.39 is 11.9 Å². The lowest BCUT2D eigenvalue weighted by atomic mass is 9.90. The van der Waals surface area contributed by atoms with Crippen LogP contribution in [0.5, 0.6) is 0 Å². The van der Waals surface area contributed by atoms with Gasteiger partial charge in [0.2, 0.25) is 0 Å². The van der Waals surface area contributed by atoms with Crippen LogP contribution in [0.2, 0.25) is 0 Å². The Bertz CT molecular complexity index is 357. The maximum Gasteiger partial charge on any atom is 0.159 e. The fourth-order valence-corrected chi connectivity index (χ4v) is 2.06. The van der Waals surface area contributed by atoms with Gasteiger partial charge in [-0.15, -0.1) is 0 Å². The number of ether oxygens (including phenoxy) is 2. The molecule has 1 aromatic carbocycles. The van der Waals surface area contributed by atoms with Crippen LogP contribution in [-0.2, 0) is 21.5 Å². The summed E-state index contributed by atoms with van der Waals surface area (Å²) in [7, 11) is 3.16. The van der Waals surface area contributed by atoms with Crippen molar-refractivity contribution >= 4 is 0 Å². The van der Waals surface area contributed by atoms with Crippen LogP contribution in [0.25, 0.3) is 0 Å². The zero-order chi connectivity index (χ0) is 13.6. The lowest BCUT2D eigenvalue weighted by Crippen LogP contribution is -2.29. The Morgan fingerprint density at radius 1 is 1.28 bits per heavy atom. The van der Waals surface area contributed by atoms with Crippen LogP contribution in [0.4, 0.5) is 0 Å². The average molecular weight is 252 g/mol. The van der Waals surface area contributed by atoms with E-state index in [4.69, 9.17) is 9.47 Å². The minimum Gasteiger partial charge on any atom is -0.385 e. The minimum atomic E-state index is -0.944. The maximum atomic E-state index is 10.6. The highest BCUT2D eigenvalue weighted by atomic mass is 16.7. The Hall–Kier alpha value is -0.900. The van der Waals surface area contributed by atoms with E-state index >= 15 is 0 Å². The van der Waals surface area contributed by atoms with Crippen molar-refractivity contribution in [3.8, 4) is 0 Å². The molecule has 0 heterocycles. The molecular weight excluding hydrogens is 228 g/mol. The van der Waals surface area contributed by atoms with Crippen molar-refractivity contribution in [3.63, 3.8) is 0 Å². The average Bonchev–Trinajstić information content (AvgIpc) is 2.37. The molecule has 0 aliphatic carbocycles. The molecule has 0 spiro atoms. The Kier molecular flexibility index (Phi) is 5.79. The van der Waals surface area contributed by atoms with E-state index in [1.807, 2.05) is 12.1 Å². The summed E-state index contributed by atoms with van der Waals surface area (Å²) in [5.41, 5.74) is 1.22. The molecule has 0 saturated carbocycles. The van der Waals surface area contributed by atoms with E-state index in [0.717, 1.165) is 18.4 Å².